The van der Waals surface area contributed by atoms with Crippen LogP contribution in [0.2, 0.25) is 0 Å². The predicted octanol–water partition coefficient (Wildman–Crippen LogP) is 4.17. The van der Waals surface area contributed by atoms with Gasteiger partial charge in [0.05, 0.1) is 6.10 Å². The lowest BCUT2D eigenvalue weighted by Crippen LogP contribution is -2.57. The molecule has 0 saturated heterocycles. The fraction of sp³-hybridized carbons (Fsp3) is 0.957. The highest BCUT2D eigenvalue weighted by Gasteiger charge is 2.62. The van der Waals surface area contributed by atoms with Crippen LogP contribution in [0.3, 0.4) is 0 Å². The zero-order chi connectivity index (χ0) is 18.7. The maximum atomic E-state index is 13.3. The van der Waals surface area contributed by atoms with Crippen molar-refractivity contribution >= 4 is 5.78 Å². The molecule has 9 atom stereocenters. The standard InChI is InChI=1S/C23H39NO2/c1-14(8-11-24)17-4-5-18-21-19(7-10-23(17,18)3)22(2)9-6-16(25)12-15(22)13-20(21)26/h14-19,21,25H,4-13,24H2,1-3H3/t14-,15?,16-,17-,18?,19?,21?,22+,23-/m1/s1. The largest absolute Gasteiger partial charge is 0.393 e. The second-order valence-electron chi connectivity index (χ2n) is 10.8. The number of ketones is 1. The second kappa shape index (κ2) is 6.58. The van der Waals surface area contributed by atoms with Crippen LogP contribution in [0.1, 0.15) is 78.6 Å². The van der Waals surface area contributed by atoms with Gasteiger partial charge >= 0.3 is 0 Å². The van der Waals surface area contributed by atoms with E-state index in [0.717, 1.165) is 44.6 Å². The van der Waals surface area contributed by atoms with E-state index in [1.807, 2.05) is 0 Å². The van der Waals surface area contributed by atoms with E-state index in [2.05, 4.69) is 20.8 Å². The number of hydrogen-bond acceptors (Lipinski definition) is 3. The number of aliphatic hydroxyl groups excluding tert-OH is 1. The van der Waals surface area contributed by atoms with Crippen LogP contribution in [-0.2, 0) is 4.79 Å². The van der Waals surface area contributed by atoms with Crippen LogP contribution < -0.4 is 5.73 Å². The minimum Gasteiger partial charge on any atom is -0.393 e. The SMILES string of the molecule is C[C@H](CCN)[C@H]1CCC2C3C(=O)CC4C[C@H](O)CC[C@]4(C)C3CC[C@@]21C. The molecule has 0 bridgehead atoms. The Morgan fingerprint density at radius 1 is 1.12 bits per heavy atom. The molecule has 0 spiro atoms. The molecule has 0 aliphatic heterocycles. The van der Waals surface area contributed by atoms with Crippen molar-refractivity contribution in [2.45, 2.75) is 84.7 Å². The molecule has 4 fully saturated rings. The summed E-state index contributed by atoms with van der Waals surface area (Å²) in [6, 6.07) is 0. The summed E-state index contributed by atoms with van der Waals surface area (Å²) in [4.78, 5) is 13.3. The fourth-order valence-electron chi connectivity index (χ4n) is 8.35. The third-order valence-electron chi connectivity index (χ3n) is 9.82. The number of hydrogen-bond donors (Lipinski definition) is 2. The third-order valence-corrected chi connectivity index (χ3v) is 9.82. The summed E-state index contributed by atoms with van der Waals surface area (Å²) in [6.45, 7) is 8.13. The number of nitrogens with two attached hydrogens (primary N) is 1. The molecule has 0 aromatic carbocycles. The van der Waals surface area contributed by atoms with E-state index in [4.69, 9.17) is 5.73 Å². The Bertz CT molecular complexity index is 562. The number of fused-ring (bicyclic) bond motifs is 5. The van der Waals surface area contributed by atoms with Gasteiger partial charge in [-0.1, -0.05) is 20.8 Å². The lowest BCUT2D eigenvalue weighted by molar-refractivity contribution is -0.160. The topological polar surface area (TPSA) is 63.3 Å². The maximum absolute atomic E-state index is 13.3. The molecule has 26 heavy (non-hydrogen) atoms. The molecule has 4 aliphatic rings. The molecule has 4 aliphatic carbocycles. The number of Topliss-reactive ketones (excluding diaryl/α,β-unsaturated/α-hetero) is 1. The normalized spacial score (nSPS) is 52.1. The summed E-state index contributed by atoms with van der Waals surface area (Å²) in [7, 11) is 0. The fourth-order valence-corrected chi connectivity index (χ4v) is 8.35. The summed E-state index contributed by atoms with van der Waals surface area (Å²) in [6.07, 6.45) is 9.60. The lowest BCUT2D eigenvalue weighted by Gasteiger charge is -2.60. The van der Waals surface area contributed by atoms with E-state index in [-0.39, 0.29) is 11.5 Å². The molecule has 3 nitrogen and oxygen atoms in total. The van der Waals surface area contributed by atoms with Gasteiger partial charge in [0.15, 0.2) is 0 Å². The summed E-state index contributed by atoms with van der Waals surface area (Å²) < 4.78 is 0. The molecule has 0 aromatic heterocycles. The molecule has 0 amide bonds. The van der Waals surface area contributed by atoms with Gasteiger partial charge in [-0.15, -0.1) is 0 Å². The maximum Gasteiger partial charge on any atom is 0.136 e. The molecular weight excluding hydrogens is 322 g/mol. The van der Waals surface area contributed by atoms with E-state index in [9.17, 15) is 9.90 Å². The minimum absolute atomic E-state index is 0.181. The highest BCUT2D eigenvalue weighted by atomic mass is 16.3. The molecule has 4 saturated carbocycles. The highest BCUT2D eigenvalue weighted by Crippen LogP contribution is 2.67. The summed E-state index contributed by atoms with van der Waals surface area (Å²) in [5, 5.41) is 10.2. The van der Waals surface area contributed by atoms with Gasteiger partial charge in [-0.25, -0.2) is 0 Å². The zero-order valence-corrected chi connectivity index (χ0v) is 17.0. The Kier molecular flexibility index (Phi) is 4.79. The van der Waals surface area contributed by atoms with Crippen LogP contribution in [0.25, 0.3) is 0 Å². The van der Waals surface area contributed by atoms with Gasteiger partial charge in [-0.3, -0.25) is 4.79 Å². The van der Waals surface area contributed by atoms with Crippen molar-refractivity contribution < 1.29 is 9.90 Å². The molecule has 3 N–H and O–H groups in total. The van der Waals surface area contributed by atoms with Crippen molar-refractivity contribution in [3.05, 3.63) is 0 Å². The quantitative estimate of drug-likeness (QED) is 0.793. The minimum atomic E-state index is -0.181. The first-order valence-corrected chi connectivity index (χ1v) is 11.2. The molecule has 0 radical (unpaired) electrons. The van der Waals surface area contributed by atoms with Gasteiger partial charge in [0, 0.05) is 12.3 Å². The third kappa shape index (κ3) is 2.64. The Hall–Kier alpha value is -0.410. The van der Waals surface area contributed by atoms with Crippen LogP contribution in [0.5, 0.6) is 0 Å². The van der Waals surface area contributed by atoms with Crippen molar-refractivity contribution in [2.24, 2.45) is 52.1 Å². The van der Waals surface area contributed by atoms with Crippen LogP contribution in [0.15, 0.2) is 0 Å². The van der Waals surface area contributed by atoms with Gasteiger partial charge in [0.1, 0.15) is 5.78 Å². The summed E-state index contributed by atoms with van der Waals surface area (Å²) >= 11 is 0. The first-order chi connectivity index (χ1) is 12.3. The van der Waals surface area contributed by atoms with Crippen LogP contribution in [-0.4, -0.2) is 23.5 Å². The first kappa shape index (κ1) is 18.9. The smallest absolute Gasteiger partial charge is 0.136 e. The monoisotopic (exact) mass is 361 g/mol. The molecule has 0 aromatic rings. The molecule has 4 rings (SSSR count). The first-order valence-electron chi connectivity index (χ1n) is 11.2. The van der Waals surface area contributed by atoms with Gasteiger partial charge in [-0.2, -0.15) is 0 Å². The summed E-state index contributed by atoms with van der Waals surface area (Å²) in [5.41, 5.74) is 6.48. The van der Waals surface area contributed by atoms with Gasteiger partial charge in [-0.05, 0) is 98.3 Å². The molecular formula is C23H39NO2. The predicted molar refractivity (Wildman–Crippen MR) is 104 cm³/mol. The van der Waals surface area contributed by atoms with Crippen LogP contribution in [0.4, 0.5) is 0 Å². The van der Waals surface area contributed by atoms with Crippen molar-refractivity contribution in [1.82, 2.24) is 0 Å². The lowest BCUT2D eigenvalue weighted by atomic mass is 9.44. The average Bonchev–Trinajstić information content (AvgIpc) is 2.94. The average molecular weight is 362 g/mol. The number of aliphatic hydroxyl groups is 1. The van der Waals surface area contributed by atoms with E-state index in [1.165, 1.54) is 25.7 Å². The van der Waals surface area contributed by atoms with Crippen molar-refractivity contribution in [3.63, 3.8) is 0 Å². The Morgan fingerprint density at radius 2 is 1.81 bits per heavy atom. The number of carbonyl (C=O) groups is 1. The number of rotatable bonds is 3. The Labute approximate surface area is 159 Å². The van der Waals surface area contributed by atoms with E-state index < -0.39 is 0 Å². The van der Waals surface area contributed by atoms with Gasteiger partial charge < -0.3 is 10.8 Å². The molecule has 0 heterocycles. The zero-order valence-electron chi connectivity index (χ0n) is 17.0. The van der Waals surface area contributed by atoms with E-state index >= 15 is 0 Å². The molecule has 4 unspecified atom stereocenters. The molecule has 3 heteroatoms. The summed E-state index contributed by atoms with van der Waals surface area (Å²) in [5.74, 6) is 3.81. The van der Waals surface area contributed by atoms with Crippen LogP contribution in [0, 0.1) is 46.3 Å². The van der Waals surface area contributed by atoms with Crippen molar-refractivity contribution in [3.8, 4) is 0 Å². The van der Waals surface area contributed by atoms with Gasteiger partial charge in [0.2, 0.25) is 0 Å². The molecule has 148 valence electrons. The number of carbonyl (C=O) groups excluding carboxylic acids is 1. The van der Waals surface area contributed by atoms with Gasteiger partial charge in [0.25, 0.3) is 0 Å². The Morgan fingerprint density at radius 3 is 2.54 bits per heavy atom. The van der Waals surface area contributed by atoms with E-state index in [0.29, 0.717) is 40.8 Å². The highest BCUT2D eigenvalue weighted by molar-refractivity contribution is 5.83. The van der Waals surface area contributed by atoms with E-state index in [1.54, 1.807) is 0 Å². The van der Waals surface area contributed by atoms with Crippen molar-refractivity contribution in [1.29, 1.82) is 0 Å². The Balaban J connectivity index is 1.62. The van der Waals surface area contributed by atoms with Crippen molar-refractivity contribution in [2.75, 3.05) is 6.54 Å². The second-order valence-corrected chi connectivity index (χ2v) is 10.8. The van der Waals surface area contributed by atoms with Crippen LogP contribution >= 0.6 is 0 Å².